The predicted octanol–water partition coefficient (Wildman–Crippen LogP) is 1.11. The molecule has 1 aliphatic heterocycles. The molecular weight excluding hydrogens is 597 g/mol. The largest absolute Gasteiger partial charge is 0.505 e. The molecule has 1 saturated carbocycles. The van der Waals surface area contributed by atoms with Crippen molar-refractivity contribution in [2.24, 2.45) is 11.8 Å². The van der Waals surface area contributed by atoms with Gasteiger partial charge < -0.3 is 31.5 Å². The number of aromatic nitrogens is 1. The van der Waals surface area contributed by atoms with Gasteiger partial charge in [-0.15, -0.1) is 0 Å². The molecule has 1 saturated heterocycles. The number of halogens is 5. The van der Waals surface area contributed by atoms with E-state index in [2.05, 4.69) is 26.3 Å². The number of carbonyl (C=O) groups excluding carboxylic acids is 4. The van der Waals surface area contributed by atoms with Crippen molar-refractivity contribution in [2.75, 3.05) is 0 Å². The maximum Gasteiger partial charge on any atom is 0.274 e. The van der Waals surface area contributed by atoms with E-state index in [9.17, 15) is 51.3 Å². The molecule has 11 nitrogen and oxygen atoms in total. The van der Waals surface area contributed by atoms with Gasteiger partial charge in [0, 0.05) is 18.2 Å². The molecule has 2 heterocycles. The van der Waals surface area contributed by atoms with Gasteiger partial charge in [0.25, 0.3) is 5.91 Å². The van der Waals surface area contributed by atoms with Gasteiger partial charge in [0.15, 0.2) is 29.0 Å². The minimum atomic E-state index is -2.41. The van der Waals surface area contributed by atoms with Gasteiger partial charge in [-0.3, -0.25) is 19.2 Å². The van der Waals surface area contributed by atoms with Crippen LogP contribution >= 0.6 is 0 Å². The molecular formula is C28H30F5N5O6. The zero-order chi connectivity index (χ0) is 32.5. The summed E-state index contributed by atoms with van der Waals surface area (Å²) in [4.78, 5) is 56.7. The first kappa shape index (κ1) is 32.6. The van der Waals surface area contributed by atoms with Gasteiger partial charge in [-0.1, -0.05) is 13.3 Å². The average Bonchev–Trinajstić information content (AvgIpc) is 2.96. The van der Waals surface area contributed by atoms with Crippen LogP contribution in [-0.2, 0) is 20.8 Å². The third kappa shape index (κ3) is 6.44. The molecule has 2 fully saturated rings. The van der Waals surface area contributed by atoms with Crippen molar-refractivity contribution in [3.8, 4) is 5.75 Å². The van der Waals surface area contributed by atoms with Crippen LogP contribution in [0, 0.1) is 40.9 Å². The van der Waals surface area contributed by atoms with Crippen LogP contribution < -0.4 is 21.3 Å². The average molecular weight is 628 g/mol. The van der Waals surface area contributed by atoms with Gasteiger partial charge in [0.1, 0.15) is 17.8 Å². The van der Waals surface area contributed by atoms with E-state index in [-0.39, 0.29) is 5.92 Å². The van der Waals surface area contributed by atoms with E-state index in [0.717, 1.165) is 12.5 Å². The SMILES string of the molecule is C[C@H]1NC(=O)C(C2CCC2)NC(=O)[C@H](C)[C@H](O)[C@H](Cc2c(F)c(F)c(F)c(F)c2F)NC(=O)[C@H]1NC(=O)c1ncccc1O. The zero-order valence-electron chi connectivity index (χ0n) is 23.5. The van der Waals surface area contributed by atoms with Crippen molar-refractivity contribution in [3.05, 3.63) is 58.7 Å². The third-order valence-electron chi connectivity index (χ3n) is 8.03. The number of aliphatic hydroxyl groups excluding tert-OH is 1. The van der Waals surface area contributed by atoms with Crippen LogP contribution in [0.2, 0.25) is 0 Å². The third-order valence-corrected chi connectivity index (χ3v) is 8.03. The molecule has 6 N–H and O–H groups in total. The molecule has 0 bridgehead atoms. The van der Waals surface area contributed by atoms with Gasteiger partial charge >= 0.3 is 0 Å². The standard InChI is InChI=1S/C28H30F5N5O6/c1-10-24(40)14(9-13-16(29)18(31)20(33)19(32)17(13)30)36-26(42)21(37-28(44)23-15(39)7-4-8-34-23)11(2)35-27(43)22(38-25(10)41)12-5-3-6-12/h4,7-8,10-12,14,21-22,24,39-40H,3,5-6,9H2,1-2H3,(H,35,43)(H,36,42)(H,37,44)(H,38,41)/t10-,11-,14+,21+,22?,24+/m1/s1. The Kier molecular flexibility index (Phi) is 9.71. The first-order valence-corrected chi connectivity index (χ1v) is 13.8. The minimum absolute atomic E-state index is 0.296. The van der Waals surface area contributed by atoms with Crippen LogP contribution in [0.5, 0.6) is 5.75 Å². The van der Waals surface area contributed by atoms with Crippen LogP contribution in [0.25, 0.3) is 0 Å². The molecule has 2 aromatic rings. The van der Waals surface area contributed by atoms with E-state index in [1.54, 1.807) is 0 Å². The minimum Gasteiger partial charge on any atom is -0.505 e. The number of benzene rings is 1. The number of nitrogens with zero attached hydrogens (tertiary/aromatic N) is 1. The molecule has 4 rings (SSSR count). The Morgan fingerprint density at radius 2 is 1.55 bits per heavy atom. The summed E-state index contributed by atoms with van der Waals surface area (Å²) in [6.07, 6.45) is -0.0327. The fourth-order valence-electron chi connectivity index (χ4n) is 5.13. The number of aromatic hydroxyl groups is 1. The number of rotatable bonds is 5. The molecule has 44 heavy (non-hydrogen) atoms. The molecule has 2 aliphatic rings. The highest BCUT2D eigenvalue weighted by Crippen LogP contribution is 2.31. The van der Waals surface area contributed by atoms with Crippen molar-refractivity contribution in [1.82, 2.24) is 26.3 Å². The molecule has 4 amide bonds. The lowest BCUT2D eigenvalue weighted by Crippen LogP contribution is -2.65. The first-order chi connectivity index (χ1) is 20.7. The van der Waals surface area contributed by atoms with E-state index in [4.69, 9.17) is 0 Å². The molecule has 238 valence electrons. The van der Waals surface area contributed by atoms with Gasteiger partial charge in [-0.05, 0) is 37.8 Å². The molecule has 1 aromatic carbocycles. The van der Waals surface area contributed by atoms with Crippen LogP contribution in [-0.4, -0.2) is 69.1 Å². The number of carbonyl (C=O) groups is 4. The molecule has 0 spiro atoms. The van der Waals surface area contributed by atoms with Crippen molar-refractivity contribution < 1.29 is 51.3 Å². The number of hydrogen-bond donors (Lipinski definition) is 6. The van der Waals surface area contributed by atoms with E-state index >= 15 is 0 Å². The van der Waals surface area contributed by atoms with Gasteiger partial charge in [0.05, 0.1) is 24.1 Å². The smallest absolute Gasteiger partial charge is 0.274 e. The Balaban J connectivity index is 1.75. The number of nitrogens with one attached hydrogen (secondary N) is 4. The highest BCUT2D eigenvalue weighted by atomic mass is 19.2. The number of hydrogen-bond acceptors (Lipinski definition) is 7. The van der Waals surface area contributed by atoms with E-state index in [0.29, 0.717) is 12.8 Å². The topological polar surface area (TPSA) is 170 Å². The second kappa shape index (κ2) is 13.1. The lowest BCUT2D eigenvalue weighted by Gasteiger charge is -2.37. The van der Waals surface area contributed by atoms with E-state index in [1.807, 2.05) is 0 Å². The molecule has 16 heteroatoms. The summed E-state index contributed by atoms with van der Waals surface area (Å²) < 4.78 is 70.9. The van der Waals surface area contributed by atoms with Crippen LogP contribution in [0.4, 0.5) is 22.0 Å². The Hall–Kier alpha value is -4.34. The Labute approximate surface area is 247 Å². The lowest BCUT2D eigenvalue weighted by molar-refractivity contribution is -0.137. The first-order valence-electron chi connectivity index (χ1n) is 13.8. The fraction of sp³-hybridized carbons (Fsp3) is 0.464. The highest BCUT2D eigenvalue weighted by molar-refractivity contribution is 5.98. The maximum absolute atomic E-state index is 14.6. The lowest BCUT2D eigenvalue weighted by atomic mass is 9.78. The summed E-state index contributed by atoms with van der Waals surface area (Å²) in [7, 11) is 0. The van der Waals surface area contributed by atoms with Crippen molar-refractivity contribution >= 4 is 23.6 Å². The van der Waals surface area contributed by atoms with Gasteiger partial charge in [0.2, 0.25) is 23.5 Å². The number of aliphatic hydroxyl groups is 1. The number of amides is 4. The molecule has 0 radical (unpaired) electrons. The Bertz CT molecular complexity index is 1450. The zero-order valence-corrected chi connectivity index (χ0v) is 23.5. The van der Waals surface area contributed by atoms with Gasteiger partial charge in [-0.2, -0.15) is 0 Å². The van der Waals surface area contributed by atoms with Crippen LogP contribution in [0.3, 0.4) is 0 Å². The van der Waals surface area contributed by atoms with E-state index < -0.39 is 112 Å². The summed E-state index contributed by atoms with van der Waals surface area (Å²) in [6, 6.07) is -3.40. The van der Waals surface area contributed by atoms with Crippen LogP contribution in [0.1, 0.15) is 49.2 Å². The predicted molar refractivity (Wildman–Crippen MR) is 141 cm³/mol. The normalized spacial score (nSPS) is 26.8. The summed E-state index contributed by atoms with van der Waals surface area (Å²) in [5.41, 5.74) is -1.85. The second-order valence-corrected chi connectivity index (χ2v) is 10.9. The maximum atomic E-state index is 14.6. The fourth-order valence-corrected chi connectivity index (χ4v) is 5.13. The molecule has 1 aliphatic carbocycles. The highest BCUT2D eigenvalue weighted by Gasteiger charge is 2.42. The van der Waals surface area contributed by atoms with Gasteiger partial charge in [-0.25, -0.2) is 26.9 Å². The van der Waals surface area contributed by atoms with Crippen molar-refractivity contribution in [3.63, 3.8) is 0 Å². The second-order valence-electron chi connectivity index (χ2n) is 10.9. The number of pyridine rings is 1. The van der Waals surface area contributed by atoms with Crippen LogP contribution in [0.15, 0.2) is 18.3 Å². The summed E-state index contributed by atoms with van der Waals surface area (Å²) in [5, 5.41) is 30.8. The van der Waals surface area contributed by atoms with Crippen molar-refractivity contribution in [2.45, 2.75) is 69.8 Å². The van der Waals surface area contributed by atoms with Crippen molar-refractivity contribution in [1.29, 1.82) is 0 Å². The summed E-state index contributed by atoms with van der Waals surface area (Å²) in [5.74, 6) is -17.4. The van der Waals surface area contributed by atoms with E-state index in [1.165, 1.54) is 26.1 Å². The monoisotopic (exact) mass is 627 g/mol. The Morgan fingerprint density at radius 3 is 2.11 bits per heavy atom. The summed E-state index contributed by atoms with van der Waals surface area (Å²) >= 11 is 0. The Morgan fingerprint density at radius 1 is 0.932 bits per heavy atom. The molecule has 1 unspecified atom stereocenters. The quantitative estimate of drug-likeness (QED) is 0.164. The summed E-state index contributed by atoms with van der Waals surface area (Å²) in [6.45, 7) is 2.51. The molecule has 1 aromatic heterocycles. The molecule has 6 atom stereocenters.